The maximum absolute atomic E-state index is 12.2. The van der Waals surface area contributed by atoms with Crippen LogP contribution in [0.4, 0.5) is 0 Å². The third-order valence-corrected chi connectivity index (χ3v) is 5.17. The Hall–Kier alpha value is -1.47. The van der Waals surface area contributed by atoms with Crippen molar-refractivity contribution in [2.45, 2.75) is 11.3 Å². The first-order chi connectivity index (χ1) is 10.9. The lowest BCUT2D eigenvalue weighted by molar-refractivity contribution is 0.174. The molecule has 3 rings (SSSR count). The van der Waals surface area contributed by atoms with E-state index in [-0.39, 0.29) is 28.3 Å². The number of rotatable bonds is 5. The fourth-order valence-corrected chi connectivity index (χ4v) is 3.95. The molecule has 23 heavy (non-hydrogen) atoms. The van der Waals surface area contributed by atoms with Crippen molar-refractivity contribution >= 4 is 33.2 Å². The lowest BCUT2D eigenvalue weighted by Crippen LogP contribution is -2.26. The van der Waals surface area contributed by atoms with Gasteiger partial charge in [0, 0.05) is 16.6 Å². The summed E-state index contributed by atoms with van der Waals surface area (Å²) in [5.74, 6) is 1.37. The number of sulfonamides is 1. The third kappa shape index (κ3) is 3.90. The Kier molecular flexibility index (Phi) is 4.68. The van der Waals surface area contributed by atoms with Crippen molar-refractivity contribution in [1.29, 1.82) is 0 Å². The quantitative estimate of drug-likeness (QED) is 0.873. The molecular weight excluding hydrogens is 361 g/mol. The van der Waals surface area contributed by atoms with Crippen LogP contribution in [0.1, 0.15) is 5.56 Å². The van der Waals surface area contributed by atoms with Crippen molar-refractivity contribution in [2.75, 3.05) is 13.3 Å². The molecule has 0 amide bonds. The first-order valence-electron chi connectivity index (χ1n) is 6.78. The second-order valence-corrected chi connectivity index (χ2v) is 7.58. The number of fused-ring (bicyclic) bond motifs is 1. The minimum atomic E-state index is -3.66. The van der Waals surface area contributed by atoms with Gasteiger partial charge in [0.2, 0.25) is 16.8 Å². The highest BCUT2D eigenvalue weighted by Crippen LogP contribution is 2.32. The molecule has 2 aromatic rings. The number of hydrogen-bond acceptors (Lipinski definition) is 4. The Bertz CT molecular complexity index is 819. The van der Waals surface area contributed by atoms with Crippen molar-refractivity contribution in [3.05, 3.63) is 52.0 Å². The van der Waals surface area contributed by atoms with Gasteiger partial charge in [-0.05, 0) is 42.3 Å². The van der Waals surface area contributed by atoms with Crippen LogP contribution in [0.15, 0.2) is 41.3 Å². The highest BCUT2D eigenvalue weighted by molar-refractivity contribution is 7.89. The SMILES string of the molecule is O=S(=O)(NCCc1ccc2c(c1)OCO2)c1cc(Cl)cc(Cl)c1. The molecule has 0 fully saturated rings. The molecule has 0 atom stereocenters. The highest BCUT2D eigenvalue weighted by atomic mass is 35.5. The molecule has 5 nitrogen and oxygen atoms in total. The van der Waals surface area contributed by atoms with Gasteiger partial charge in [-0.25, -0.2) is 13.1 Å². The molecule has 0 saturated carbocycles. The number of nitrogens with one attached hydrogen (secondary N) is 1. The van der Waals surface area contributed by atoms with Gasteiger partial charge >= 0.3 is 0 Å². The summed E-state index contributed by atoms with van der Waals surface area (Å²) in [7, 11) is -3.66. The number of hydrogen-bond donors (Lipinski definition) is 1. The summed E-state index contributed by atoms with van der Waals surface area (Å²) in [5, 5.41) is 0.544. The van der Waals surface area contributed by atoms with Crippen molar-refractivity contribution < 1.29 is 17.9 Å². The molecule has 122 valence electrons. The molecule has 8 heteroatoms. The molecule has 0 bridgehead atoms. The maximum atomic E-state index is 12.2. The van der Waals surface area contributed by atoms with Gasteiger partial charge in [-0.1, -0.05) is 29.3 Å². The summed E-state index contributed by atoms with van der Waals surface area (Å²) in [6.07, 6.45) is 0.518. The van der Waals surface area contributed by atoms with Crippen molar-refractivity contribution in [1.82, 2.24) is 4.72 Å². The Morgan fingerprint density at radius 1 is 1.00 bits per heavy atom. The van der Waals surface area contributed by atoms with Gasteiger partial charge in [-0.3, -0.25) is 0 Å². The summed E-state index contributed by atoms with van der Waals surface area (Å²) in [5.41, 5.74) is 0.945. The van der Waals surface area contributed by atoms with Crippen LogP contribution in [-0.2, 0) is 16.4 Å². The van der Waals surface area contributed by atoms with Gasteiger partial charge in [0.25, 0.3) is 0 Å². The van der Waals surface area contributed by atoms with Gasteiger partial charge in [-0.15, -0.1) is 0 Å². The van der Waals surface area contributed by atoms with Gasteiger partial charge in [0.15, 0.2) is 11.5 Å². The summed E-state index contributed by atoms with van der Waals surface area (Å²) >= 11 is 11.7. The molecule has 1 aliphatic rings. The van der Waals surface area contributed by atoms with E-state index in [1.54, 1.807) is 0 Å². The molecule has 2 aromatic carbocycles. The smallest absolute Gasteiger partial charge is 0.240 e. The second kappa shape index (κ2) is 6.57. The van der Waals surface area contributed by atoms with Crippen molar-refractivity contribution in [3.63, 3.8) is 0 Å². The Labute approximate surface area is 144 Å². The minimum Gasteiger partial charge on any atom is -0.454 e. The van der Waals surface area contributed by atoms with Gasteiger partial charge in [0.05, 0.1) is 4.90 Å². The average molecular weight is 374 g/mol. The van der Waals surface area contributed by atoms with Crippen molar-refractivity contribution in [3.8, 4) is 11.5 Å². The van der Waals surface area contributed by atoms with E-state index in [9.17, 15) is 8.42 Å². The van der Waals surface area contributed by atoms with E-state index in [1.807, 2.05) is 18.2 Å². The van der Waals surface area contributed by atoms with Crippen LogP contribution in [0.25, 0.3) is 0 Å². The van der Waals surface area contributed by atoms with Crippen LogP contribution in [0, 0.1) is 0 Å². The third-order valence-electron chi connectivity index (χ3n) is 3.29. The normalized spacial score (nSPS) is 13.3. The van der Waals surface area contributed by atoms with Crippen LogP contribution in [0.3, 0.4) is 0 Å². The highest BCUT2D eigenvalue weighted by Gasteiger charge is 2.16. The van der Waals surface area contributed by atoms with Crippen LogP contribution < -0.4 is 14.2 Å². The van der Waals surface area contributed by atoms with E-state index < -0.39 is 10.0 Å². The first kappa shape index (κ1) is 16.4. The Morgan fingerprint density at radius 3 is 2.43 bits per heavy atom. The molecule has 0 unspecified atom stereocenters. The molecule has 1 aliphatic heterocycles. The Balaban J connectivity index is 1.65. The van der Waals surface area contributed by atoms with E-state index in [2.05, 4.69) is 4.72 Å². The molecule has 1 heterocycles. The molecule has 0 aromatic heterocycles. The lowest BCUT2D eigenvalue weighted by Gasteiger charge is -2.08. The van der Waals surface area contributed by atoms with Crippen LogP contribution >= 0.6 is 23.2 Å². The zero-order valence-electron chi connectivity index (χ0n) is 11.9. The first-order valence-corrected chi connectivity index (χ1v) is 9.02. The molecule has 1 N–H and O–H groups in total. The maximum Gasteiger partial charge on any atom is 0.240 e. The Morgan fingerprint density at radius 2 is 1.70 bits per heavy atom. The van der Waals surface area contributed by atoms with Crippen LogP contribution in [-0.4, -0.2) is 21.8 Å². The van der Waals surface area contributed by atoms with Crippen molar-refractivity contribution in [2.24, 2.45) is 0 Å². The molecule has 0 saturated heterocycles. The monoisotopic (exact) mass is 373 g/mol. The molecule has 0 radical (unpaired) electrons. The van der Waals surface area contributed by atoms with Gasteiger partial charge < -0.3 is 9.47 Å². The van der Waals surface area contributed by atoms with Gasteiger partial charge in [0.1, 0.15) is 0 Å². The standard InChI is InChI=1S/C15H13Cl2NO4S/c16-11-6-12(17)8-13(7-11)23(19,20)18-4-3-10-1-2-14-15(5-10)22-9-21-14/h1-2,5-8,18H,3-4,9H2. The summed E-state index contributed by atoms with van der Waals surface area (Å²) < 4.78 is 37.5. The zero-order valence-corrected chi connectivity index (χ0v) is 14.2. The number of ether oxygens (including phenoxy) is 2. The average Bonchev–Trinajstić information content (AvgIpc) is 2.93. The predicted molar refractivity (Wildman–Crippen MR) is 87.9 cm³/mol. The predicted octanol–water partition coefficient (Wildman–Crippen LogP) is 3.24. The fourth-order valence-electron chi connectivity index (χ4n) is 2.19. The summed E-state index contributed by atoms with van der Waals surface area (Å²) in [6.45, 7) is 0.451. The van der Waals surface area contributed by atoms with Gasteiger partial charge in [-0.2, -0.15) is 0 Å². The van der Waals surface area contributed by atoms with Crippen LogP contribution in [0.2, 0.25) is 10.0 Å². The molecule has 0 spiro atoms. The number of benzene rings is 2. The van der Waals surface area contributed by atoms with Crippen LogP contribution in [0.5, 0.6) is 11.5 Å². The van der Waals surface area contributed by atoms with E-state index in [0.29, 0.717) is 17.9 Å². The molecule has 0 aliphatic carbocycles. The lowest BCUT2D eigenvalue weighted by atomic mass is 10.1. The summed E-state index contributed by atoms with van der Waals surface area (Å²) in [6, 6.07) is 9.72. The minimum absolute atomic E-state index is 0.0423. The molecular formula is C15H13Cl2NO4S. The zero-order chi connectivity index (χ0) is 16.4. The second-order valence-electron chi connectivity index (χ2n) is 4.94. The fraction of sp³-hybridized carbons (Fsp3) is 0.200. The van der Waals surface area contributed by atoms with E-state index >= 15 is 0 Å². The van der Waals surface area contributed by atoms with E-state index in [0.717, 1.165) is 5.56 Å². The number of halogens is 2. The topological polar surface area (TPSA) is 64.6 Å². The van der Waals surface area contributed by atoms with E-state index in [4.69, 9.17) is 32.7 Å². The van der Waals surface area contributed by atoms with E-state index in [1.165, 1.54) is 18.2 Å². The largest absolute Gasteiger partial charge is 0.454 e. The summed E-state index contributed by atoms with van der Waals surface area (Å²) in [4.78, 5) is 0.0423.